The van der Waals surface area contributed by atoms with Crippen molar-refractivity contribution in [3.8, 4) is 0 Å². The largest absolute Gasteiger partial charge is 0.380 e. The van der Waals surface area contributed by atoms with Gasteiger partial charge in [-0.3, -0.25) is 4.79 Å². The Morgan fingerprint density at radius 3 is 2.84 bits per heavy atom. The number of amides is 1. The third-order valence-electron chi connectivity index (χ3n) is 3.64. The van der Waals surface area contributed by atoms with E-state index in [-0.39, 0.29) is 24.1 Å². The van der Waals surface area contributed by atoms with Crippen molar-refractivity contribution in [3.63, 3.8) is 0 Å². The molecule has 0 bridgehead atoms. The quantitative estimate of drug-likeness (QED) is 0.887. The molecular formula is C14H22N2O2S. The van der Waals surface area contributed by atoms with Crippen LogP contribution in [0.4, 0.5) is 0 Å². The Labute approximate surface area is 118 Å². The summed E-state index contributed by atoms with van der Waals surface area (Å²) in [5.74, 6) is 0.0651. The fraction of sp³-hybridized carbons (Fsp3) is 0.643. The number of hydrogen-bond acceptors (Lipinski definition) is 4. The molecule has 3 unspecified atom stereocenters. The maximum absolute atomic E-state index is 12.2. The van der Waals surface area contributed by atoms with Crippen LogP contribution in [0.2, 0.25) is 0 Å². The summed E-state index contributed by atoms with van der Waals surface area (Å²) in [7, 11) is 1.69. The number of rotatable bonds is 4. The fourth-order valence-corrected chi connectivity index (χ4v) is 3.58. The van der Waals surface area contributed by atoms with Gasteiger partial charge in [-0.15, -0.1) is 11.3 Å². The standard InChI is InChI=1S/C14H22N2O2S/c1-8-5-12(10(3)19-8)9(2)16-14(17)13-6-11(18-4)7-15-13/h5,9,11,13,15H,6-7H2,1-4H3,(H,16,17). The molecule has 0 aliphatic carbocycles. The van der Waals surface area contributed by atoms with Crippen LogP contribution in [0.1, 0.15) is 34.7 Å². The number of thiophene rings is 1. The van der Waals surface area contributed by atoms with Gasteiger partial charge in [0.2, 0.25) is 5.91 Å². The van der Waals surface area contributed by atoms with Crippen LogP contribution < -0.4 is 10.6 Å². The van der Waals surface area contributed by atoms with Gasteiger partial charge in [-0.05, 0) is 38.8 Å². The Morgan fingerprint density at radius 1 is 1.58 bits per heavy atom. The van der Waals surface area contributed by atoms with Crippen molar-refractivity contribution in [1.82, 2.24) is 10.6 Å². The van der Waals surface area contributed by atoms with Crippen LogP contribution in [0.3, 0.4) is 0 Å². The van der Waals surface area contributed by atoms with Crippen LogP contribution in [-0.2, 0) is 9.53 Å². The van der Waals surface area contributed by atoms with Gasteiger partial charge in [0.25, 0.3) is 0 Å². The summed E-state index contributed by atoms with van der Waals surface area (Å²) in [6.07, 6.45) is 0.896. The molecule has 0 saturated carbocycles. The first kappa shape index (κ1) is 14.5. The summed E-state index contributed by atoms with van der Waals surface area (Å²) in [5, 5.41) is 6.29. The van der Waals surface area contributed by atoms with Gasteiger partial charge in [-0.25, -0.2) is 0 Å². The van der Waals surface area contributed by atoms with Crippen molar-refractivity contribution in [2.75, 3.05) is 13.7 Å². The molecular weight excluding hydrogens is 260 g/mol. The molecule has 3 atom stereocenters. The molecule has 1 fully saturated rings. The summed E-state index contributed by atoms with van der Waals surface area (Å²) >= 11 is 1.77. The summed E-state index contributed by atoms with van der Waals surface area (Å²) in [6.45, 7) is 6.98. The van der Waals surface area contributed by atoms with Gasteiger partial charge in [0.15, 0.2) is 0 Å². The van der Waals surface area contributed by atoms with Gasteiger partial charge in [0.05, 0.1) is 18.2 Å². The number of hydrogen-bond donors (Lipinski definition) is 2. The lowest BCUT2D eigenvalue weighted by molar-refractivity contribution is -0.123. The summed E-state index contributed by atoms with van der Waals surface area (Å²) in [4.78, 5) is 14.7. The highest BCUT2D eigenvalue weighted by atomic mass is 32.1. The van der Waals surface area contributed by atoms with E-state index in [0.717, 1.165) is 13.0 Å². The summed E-state index contributed by atoms with van der Waals surface area (Å²) in [6, 6.07) is 2.08. The zero-order chi connectivity index (χ0) is 14.0. The Hall–Kier alpha value is -0.910. The highest BCUT2D eigenvalue weighted by Crippen LogP contribution is 2.26. The number of carbonyl (C=O) groups excluding carboxylic acids is 1. The number of methoxy groups -OCH3 is 1. The van der Waals surface area contributed by atoms with Gasteiger partial charge in [0, 0.05) is 23.4 Å². The molecule has 2 N–H and O–H groups in total. The highest BCUT2D eigenvalue weighted by Gasteiger charge is 2.30. The lowest BCUT2D eigenvalue weighted by Crippen LogP contribution is -2.41. The number of aryl methyl sites for hydroxylation is 2. The smallest absolute Gasteiger partial charge is 0.237 e. The molecule has 2 heterocycles. The highest BCUT2D eigenvalue weighted by molar-refractivity contribution is 7.12. The van der Waals surface area contributed by atoms with Crippen LogP contribution in [0, 0.1) is 13.8 Å². The van der Waals surface area contributed by atoms with Gasteiger partial charge in [-0.1, -0.05) is 0 Å². The maximum Gasteiger partial charge on any atom is 0.237 e. The van der Waals surface area contributed by atoms with E-state index in [1.807, 2.05) is 6.92 Å². The second-order valence-electron chi connectivity index (χ2n) is 5.15. The SMILES string of the molecule is COC1CNC(C(=O)NC(C)c2cc(C)sc2C)C1. The van der Waals surface area contributed by atoms with E-state index in [1.54, 1.807) is 18.4 Å². The van der Waals surface area contributed by atoms with Gasteiger partial charge in [-0.2, -0.15) is 0 Å². The number of nitrogens with one attached hydrogen (secondary N) is 2. The number of carbonyl (C=O) groups is 1. The molecule has 1 amide bonds. The van der Waals surface area contributed by atoms with E-state index in [4.69, 9.17) is 4.74 Å². The zero-order valence-electron chi connectivity index (χ0n) is 11.9. The predicted molar refractivity (Wildman–Crippen MR) is 77.6 cm³/mol. The van der Waals surface area contributed by atoms with Crippen LogP contribution >= 0.6 is 11.3 Å². The van der Waals surface area contributed by atoms with E-state index in [0.29, 0.717) is 0 Å². The topological polar surface area (TPSA) is 50.4 Å². The van der Waals surface area contributed by atoms with Crippen molar-refractivity contribution >= 4 is 17.2 Å². The molecule has 5 heteroatoms. The molecule has 1 aromatic heterocycles. The fourth-order valence-electron chi connectivity index (χ4n) is 2.55. The molecule has 1 aromatic rings. The minimum Gasteiger partial charge on any atom is -0.380 e. The second kappa shape index (κ2) is 6.03. The minimum atomic E-state index is -0.132. The first-order valence-electron chi connectivity index (χ1n) is 6.64. The maximum atomic E-state index is 12.2. The summed E-state index contributed by atoms with van der Waals surface area (Å²) in [5.41, 5.74) is 1.22. The molecule has 0 spiro atoms. The molecule has 4 nitrogen and oxygen atoms in total. The third kappa shape index (κ3) is 3.35. The van der Waals surface area contributed by atoms with Crippen LogP contribution in [0.15, 0.2) is 6.07 Å². The van der Waals surface area contributed by atoms with Crippen LogP contribution in [0.5, 0.6) is 0 Å². The minimum absolute atomic E-state index is 0.0563. The van der Waals surface area contributed by atoms with Crippen molar-refractivity contribution in [2.24, 2.45) is 0 Å². The second-order valence-corrected chi connectivity index (χ2v) is 6.61. The Morgan fingerprint density at radius 2 is 2.32 bits per heavy atom. The van der Waals surface area contributed by atoms with E-state index in [1.165, 1.54) is 15.3 Å². The van der Waals surface area contributed by atoms with E-state index >= 15 is 0 Å². The lowest BCUT2D eigenvalue weighted by atomic mass is 10.1. The van der Waals surface area contributed by atoms with Gasteiger partial charge >= 0.3 is 0 Å². The van der Waals surface area contributed by atoms with Gasteiger partial charge < -0.3 is 15.4 Å². The van der Waals surface area contributed by atoms with E-state index < -0.39 is 0 Å². The molecule has 1 aliphatic rings. The average Bonchev–Trinajstić information content (AvgIpc) is 2.95. The molecule has 0 aromatic carbocycles. The first-order valence-corrected chi connectivity index (χ1v) is 7.46. The zero-order valence-corrected chi connectivity index (χ0v) is 12.8. The van der Waals surface area contributed by atoms with Gasteiger partial charge in [0.1, 0.15) is 0 Å². The Kier molecular flexibility index (Phi) is 4.60. The molecule has 1 saturated heterocycles. The number of ether oxygens (including phenoxy) is 1. The third-order valence-corrected chi connectivity index (χ3v) is 4.63. The van der Waals surface area contributed by atoms with Crippen LogP contribution in [0.25, 0.3) is 0 Å². The van der Waals surface area contributed by atoms with Crippen molar-refractivity contribution in [3.05, 3.63) is 21.4 Å². The molecule has 0 radical (unpaired) electrons. The van der Waals surface area contributed by atoms with Crippen molar-refractivity contribution in [1.29, 1.82) is 0 Å². The normalized spacial score (nSPS) is 24.4. The summed E-state index contributed by atoms with van der Waals surface area (Å²) < 4.78 is 5.26. The van der Waals surface area contributed by atoms with Crippen molar-refractivity contribution in [2.45, 2.75) is 45.4 Å². The monoisotopic (exact) mass is 282 g/mol. The average molecular weight is 282 g/mol. The predicted octanol–water partition coefficient (Wildman–Crippen LogP) is 1.92. The van der Waals surface area contributed by atoms with Crippen LogP contribution in [-0.4, -0.2) is 31.7 Å². The molecule has 2 rings (SSSR count). The van der Waals surface area contributed by atoms with Crippen molar-refractivity contribution < 1.29 is 9.53 Å². The lowest BCUT2D eigenvalue weighted by Gasteiger charge is -2.17. The first-order chi connectivity index (χ1) is 9.01. The molecule has 106 valence electrons. The van der Waals surface area contributed by atoms with E-state index in [2.05, 4.69) is 30.5 Å². The molecule has 1 aliphatic heterocycles. The van der Waals surface area contributed by atoms with E-state index in [9.17, 15) is 4.79 Å². The Balaban J connectivity index is 1.94. The molecule has 19 heavy (non-hydrogen) atoms. The Bertz CT molecular complexity index is 458.